The third-order valence-corrected chi connectivity index (χ3v) is 3.85. The number of fused-ring (bicyclic) bond motifs is 1. The van der Waals surface area contributed by atoms with Crippen molar-refractivity contribution in [3.63, 3.8) is 0 Å². The number of aliphatic hydroxyl groups excluding tert-OH is 1. The number of rotatable bonds is 3. The summed E-state index contributed by atoms with van der Waals surface area (Å²) in [5, 5.41) is 25.8. The molecule has 2 heterocycles. The van der Waals surface area contributed by atoms with Crippen LogP contribution in [0.1, 0.15) is 0 Å². The minimum Gasteiger partial charge on any atom is -0.375 e. The number of anilines is 1. The number of nitrogens with zero attached hydrogens (tertiary/aromatic N) is 4. The normalized spacial score (nSPS) is 16.1. The summed E-state index contributed by atoms with van der Waals surface area (Å²) >= 11 is 0. The van der Waals surface area contributed by atoms with Gasteiger partial charge in [0.15, 0.2) is 0 Å². The molecule has 1 aliphatic heterocycles. The lowest BCUT2D eigenvalue weighted by Gasteiger charge is -2.37. The Morgan fingerprint density at radius 2 is 1.88 bits per heavy atom. The van der Waals surface area contributed by atoms with Crippen molar-refractivity contribution < 1.29 is 15.4 Å². The monoisotopic (exact) mass is 332 g/mol. The van der Waals surface area contributed by atoms with Crippen LogP contribution >= 0.6 is 0 Å². The van der Waals surface area contributed by atoms with Crippen molar-refractivity contribution in [1.29, 1.82) is 0 Å². The van der Waals surface area contributed by atoms with Crippen LogP contribution in [0.2, 0.25) is 0 Å². The maximum atomic E-state index is 9.79. The molecular weight excluding hydrogens is 312 g/mol. The van der Waals surface area contributed by atoms with Crippen LogP contribution in [0.25, 0.3) is 10.8 Å². The first-order valence-corrected chi connectivity index (χ1v) is 7.49. The lowest BCUT2D eigenvalue weighted by atomic mass is 10.1. The minimum atomic E-state index is -1.50. The summed E-state index contributed by atoms with van der Waals surface area (Å²) in [7, 11) is 0. The zero-order valence-corrected chi connectivity index (χ0v) is 13.2. The Kier molecular flexibility index (Phi) is 6.05. The highest BCUT2D eigenvalue weighted by Gasteiger charge is 2.22. The summed E-state index contributed by atoms with van der Waals surface area (Å²) in [6.07, 6.45) is 2.90. The van der Waals surface area contributed by atoms with E-state index in [4.69, 9.17) is 15.3 Å². The molecule has 1 aliphatic rings. The molecule has 0 saturated carbocycles. The van der Waals surface area contributed by atoms with Gasteiger partial charge in [-0.25, -0.2) is 4.98 Å². The molecule has 1 aromatic heterocycles. The van der Waals surface area contributed by atoms with E-state index in [9.17, 15) is 5.11 Å². The lowest BCUT2D eigenvalue weighted by molar-refractivity contribution is -0.742. The van der Waals surface area contributed by atoms with Crippen molar-refractivity contribution in [3.8, 4) is 0 Å². The maximum absolute atomic E-state index is 9.79. The molecule has 0 bridgehead atoms. The molecule has 8 nitrogen and oxygen atoms in total. The van der Waals surface area contributed by atoms with Crippen molar-refractivity contribution in [2.45, 2.75) is 6.23 Å². The second-order valence-electron chi connectivity index (χ2n) is 5.27. The van der Waals surface area contributed by atoms with Gasteiger partial charge >= 0.3 is 0 Å². The summed E-state index contributed by atoms with van der Waals surface area (Å²) in [5.74, 6) is 1.04. The van der Waals surface area contributed by atoms with Gasteiger partial charge < -0.3 is 15.2 Å². The molecule has 1 aromatic carbocycles. The van der Waals surface area contributed by atoms with Gasteiger partial charge in [-0.1, -0.05) is 30.8 Å². The quantitative estimate of drug-likeness (QED) is 0.499. The van der Waals surface area contributed by atoms with E-state index in [0.717, 1.165) is 32.0 Å². The first-order chi connectivity index (χ1) is 11.5. The number of piperazine rings is 1. The van der Waals surface area contributed by atoms with Crippen LogP contribution in [0.3, 0.4) is 0 Å². The van der Waals surface area contributed by atoms with Crippen molar-refractivity contribution in [2.75, 3.05) is 31.1 Å². The molecule has 1 saturated heterocycles. The summed E-state index contributed by atoms with van der Waals surface area (Å²) in [6, 6.07) is 10.4. The molecule has 0 radical (unpaired) electrons. The topological polar surface area (TPSA) is 103 Å². The molecule has 0 amide bonds. The van der Waals surface area contributed by atoms with Gasteiger partial charge in [0.05, 0.1) is 0 Å². The molecule has 8 heteroatoms. The second kappa shape index (κ2) is 8.23. The molecule has 2 aromatic rings. The smallest absolute Gasteiger partial charge is 0.291 e. The van der Waals surface area contributed by atoms with Crippen LogP contribution < -0.4 is 4.90 Å². The zero-order valence-electron chi connectivity index (χ0n) is 13.2. The molecule has 0 aliphatic carbocycles. The summed E-state index contributed by atoms with van der Waals surface area (Å²) in [4.78, 5) is 17.2. The Labute approximate surface area is 139 Å². The van der Waals surface area contributed by atoms with Crippen molar-refractivity contribution in [1.82, 2.24) is 9.88 Å². The van der Waals surface area contributed by atoms with Gasteiger partial charge in [-0.05, 0) is 17.5 Å². The van der Waals surface area contributed by atoms with Crippen LogP contribution in [0.4, 0.5) is 5.82 Å². The average Bonchev–Trinajstić information content (AvgIpc) is 2.60. The standard InChI is InChI=1S/C16H19N3O.HNO3/c1-2-15(20)18-9-11-19(12-10-18)16-14-6-4-3-5-13(14)7-8-17-16;2-1(3)4/h2-8,15,20H,1,9-12H2;(H,2,3,4). The van der Waals surface area contributed by atoms with Crippen LogP contribution in [-0.4, -0.2) is 57.7 Å². The van der Waals surface area contributed by atoms with E-state index in [2.05, 4.69) is 28.6 Å². The largest absolute Gasteiger partial charge is 0.375 e. The highest BCUT2D eigenvalue weighted by Crippen LogP contribution is 2.25. The number of aliphatic hydroxyl groups is 1. The van der Waals surface area contributed by atoms with E-state index in [1.54, 1.807) is 6.08 Å². The molecule has 3 rings (SSSR count). The number of pyridine rings is 1. The molecule has 24 heavy (non-hydrogen) atoms. The Hall–Kier alpha value is -2.71. The minimum absolute atomic E-state index is 0.544. The Morgan fingerprint density at radius 1 is 1.25 bits per heavy atom. The van der Waals surface area contributed by atoms with Crippen molar-refractivity contribution >= 4 is 16.6 Å². The Morgan fingerprint density at radius 3 is 2.50 bits per heavy atom. The van der Waals surface area contributed by atoms with E-state index in [-0.39, 0.29) is 0 Å². The maximum Gasteiger partial charge on any atom is 0.291 e. The van der Waals surface area contributed by atoms with Gasteiger partial charge in [0.1, 0.15) is 12.0 Å². The van der Waals surface area contributed by atoms with Crippen LogP contribution in [0, 0.1) is 10.1 Å². The molecular formula is C16H20N4O4. The zero-order chi connectivity index (χ0) is 17.5. The third-order valence-electron chi connectivity index (χ3n) is 3.85. The van der Waals surface area contributed by atoms with Gasteiger partial charge in [0.2, 0.25) is 0 Å². The fraction of sp³-hybridized carbons (Fsp3) is 0.312. The molecule has 128 valence electrons. The Balaban J connectivity index is 0.000000471. The summed E-state index contributed by atoms with van der Waals surface area (Å²) < 4.78 is 0. The van der Waals surface area contributed by atoms with Crippen LogP contribution in [0.5, 0.6) is 0 Å². The predicted octanol–water partition coefficient (Wildman–Crippen LogP) is 1.51. The van der Waals surface area contributed by atoms with Gasteiger partial charge in [-0.15, -0.1) is 10.1 Å². The molecule has 2 N–H and O–H groups in total. The van der Waals surface area contributed by atoms with E-state index >= 15 is 0 Å². The van der Waals surface area contributed by atoms with Crippen molar-refractivity contribution in [2.24, 2.45) is 0 Å². The van der Waals surface area contributed by atoms with Gasteiger partial charge in [-0.3, -0.25) is 4.90 Å². The molecule has 1 atom stereocenters. The number of hydrogen-bond donors (Lipinski definition) is 2. The van der Waals surface area contributed by atoms with Crippen LogP contribution in [0.15, 0.2) is 49.2 Å². The second-order valence-corrected chi connectivity index (χ2v) is 5.27. The van der Waals surface area contributed by atoms with Crippen LogP contribution in [-0.2, 0) is 0 Å². The SMILES string of the molecule is C=CC(O)N1CCN(c2nccc3ccccc23)CC1.O=[N+]([O-])O. The van der Waals surface area contributed by atoms with Crippen molar-refractivity contribution in [3.05, 3.63) is 59.3 Å². The highest BCUT2D eigenvalue weighted by molar-refractivity contribution is 5.92. The van der Waals surface area contributed by atoms with Gasteiger partial charge in [-0.2, -0.15) is 0 Å². The highest BCUT2D eigenvalue weighted by atomic mass is 16.9. The van der Waals surface area contributed by atoms with E-state index in [1.807, 2.05) is 29.3 Å². The fourth-order valence-electron chi connectivity index (χ4n) is 2.70. The number of hydrogen-bond acceptors (Lipinski definition) is 6. The first kappa shape index (κ1) is 17.6. The van der Waals surface area contributed by atoms with Gasteiger partial charge in [0.25, 0.3) is 5.09 Å². The molecule has 1 fully saturated rings. The Bertz CT molecular complexity index is 692. The van der Waals surface area contributed by atoms with E-state index in [1.165, 1.54) is 10.8 Å². The summed E-state index contributed by atoms with van der Waals surface area (Å²) in [5.41, 5.74) is 0. The summed E-state index contributed by atoms with van der Waals surface area (Å²) in [6.45, 7) is 7.01. The van der Waals surface area contributed by atoms with Gasteiger partial charge in [0, 0.05) is 37.8 Å². The molecule has 1 unspecified atom stereocenters. The first-order valence-electron chi connectivity index (χ1n) is 7.49. The average molecular weight is 332 g/mol. The number of aromatic nitrogens is 1. The third kappa shape index (κ3) is 4.40. The molecule has 0 spiro atoms. The lowest BCUT2D eigenvalue weighted by Crippen LogP contribution is -2.50. The fourth-order valence-corrected chi connectivity index (χ4v) is 2.70. The predicted molar refractivity (Wildman–Crippen MR) is 90.5 cm³/mol. The van der Waals surface area contributed by atoms with E-state index < -0.39 is 11.3 Å². The number of benzene rings is 1. The van der Waals surface area contributed by atoms with E-state index in [0.29, 0.717) is 0 Å².